The number of hydrogen-bond acceptors (Lipinski definition) is 5. The number of nitriles is 1. The van der Waals surface area contributed by atoms with Crippen LogP contribution in [0.1, 0.15) is 43.7 Å². The van der Waals surface area contributed by atoms with Gasteiger partial charge >= 0.3 is 0 Å². The quantitative estimate of drug-likeness (QED) is 0.642. The molecule has 0 unspecified atom stereocenters. The molecular weight excluding hydrogens is 340 g/mol. The molecule has 1 aromatic carbocycles. The van der Waals surface area contributed by atoms with Gasteiger partial charge in [0.05, 0.1) is 17.9 Å². The van der Waals surface area contributed by atoms with Gasteiger partial charge in [0, 0.05) is 6.20 Å². The molecule has 0 radical (unpaired) electrons. The highest BCUT2D eigenvalue weighted by atomic mass is 16.5. The van der Waals surface area contributed by atoms with Crippen LogP contribution in [0.15, 0.2) is 48.8 Å². The second kappa shape index (κ2) is 7.12. The number of rotatable bonds is 6. The second-order valence-corrected chi connectivity index (χ2v) is 6.85. The maximum Gasteiger partial charge on any atom is 0.277 e. The Morgan fingerprint density at radius 2 is 2.00 bits per heavy atom. The number of ether oxygens (including phenoxy) is 2. The summed E-state index contributed by atoms with van der Waals surface area (Å²) in [5.74, 6) is 2.53. The highest BCUT2D eigenvalue weighted by Gasteiger charge is 2.25. The first kappa shape index (κ1) is 17.1. The van der Waals surface area contributed by atoms with Crippen molar-refractivity contribution >= 4 is 0 Å². The number of nitrogens with zero attached hydrogens (tertiary/aromatic N) is 4. The molecule has 0 saturated heterocycles. The van der Waals surface area contributed by atoms with Gasteiger partial charge in [-0.05, 0) is 56.4 Å². The van der Waals surface area contributed by atoms with E-state index in [1.54, 1.807) is 10.9 Å². The van der Waals surface area contributed by atoms with E-state index in [9.17, 15) is 5.26 Å². The van der Waals surface area contributed by atoms with Crippen molar-refractivity contribution in [3.63, 3.8) is 0 Å². The number of aromatic nitrogens is 3. The van der Waals surface area contributed by atoms with Crippen molar-refractivity contribution in [2.24, 2.45) is 0 Å². The lowest BCUT2D eigenvalue weighted by atomic mass is 10.1. The van der Waals surface area contributed by atoms with E-state index in [0.717, 1.165) is 18.4 Å². The summed E-state index contributed by atoms with van der Waals surface area (Å²) >= 11 is 0. The van der Waals surface area contributed by atoms with Crippen LogP contribution < -0.4 is 9.47 Å². The Bertz CT molecular complexity index is 985. The fourth-order valence-corrected chi connectivity index (χ4v) is 2.82. The van der Waals surface area contributed by atoms with Gasteiger partial charge in [-0.2, -0.15) is 5.26 Å². The van der Waals surface area contributed by atoms with Gasteiger partial charge < -0.3 is 9.47 Å². The molecule has 0 aliphatic heterocycles. The van der Waals surface area contributed by atoms with E-state index in [1.165, 1.54) is 0 Å². The largest absolute Gasteiger partial charge is 0.471 e. The molecule has 136 valence electrons. The molecule has 0 spiro atoms. The van der Waals surface area contributed by atoms with Gasteiger partial charge in [-0.3, -0.25) is 0 Å². The van der Waals surface area contributed by atoms with Crippen molar-refractivity contribution in [1.29, 1.82) is 5.26 Å². The van der Waals surface area contributed by atoms with Crippen molar-refractivity contribution in [2.75, 3.05) is 0 Å². The minimum Gasteiger partial charge on any atom is -0.471 e. The highest BCUT2D eigenvalue weighted by Crippen LogP contribution is 2.40. The van der Waals surface area contributed by atoms with Gasteiger partial charge in [0.15, 0.2) is 5.82 Å². The average molecular weight is 360 g/mol. The van der Waals surface area contributed by atoms with E-state index in [4.69, 9.17) is 9.47 Å². The molecule has 0 amide bonds. The standard InChI is InChI=1S/C21H20N4O2/c1-14(2)26-21-19(27-18-6-4-3-5-7-18)13-25(24-21)20-16(11-22)10-17(12-23-20)15-8-9-15/h3-7,10,12-15H,8-9H2,1-2H3. The van der Waals surface area contributed by atoms with Gasteiger partial charge in [-0.15, -0.1) is 5.10 Å². The van der Waals surface area contributed by atoms with Crippen molar-refractivity contribution < 1.29 is 9.47 Å². The summed E-state index contributed by atoms with van der Waals surface area (Å²) in [4.78, 5) is 4.49. The molecule has 0 N–H and O–H groups in total. The van der Waals surface area contributed by atoms with E-state index in [0.29, 0.717) is 34.7 Å². The summed E-state index contributed by atoms with van der Waals surface area (Å²) in [5, 5.41) is 14.0. The predicted molar refractivity (Wildman–Crippen MR) is 100 cm³/mol. The maximum atomic E-state index is 9.57. The van der Waals surface area contributed by atoms with E-state index in [2.05, 4.69) is 16.2 Å². The topological polar surface area (TPSA) is 73.0 Å². The molecule has 3 aromatic rings. The molecule has 1 aliphatic rings. The summed E-state index contributed by atoms with van der Waals surface area (Å²) in [6.45, 7) is 3.85. The van der Waals surface area contributed by atoms with Crippen LogP contribution in [0.3, 0.4) is 0 Å². The van der Waals surface area contributed by atoms with Gasteiger partial charge in [0.1, 0.15) is 11.8 Å². The third-order valence-corrected chi connectivity index (χ3v) is 4.24. The number of hydrogen-bond donors (Lipinski definition) is 0. The predicted octanol–water partition coefficient (Wildman–Crippen LogP) is 4.60. The molecule has 1 aliphatic carbocycles. The second-order valence-electron chi connectivity index (χ2n) is 6.85. The van der Waals surface area contributed by atoms with E-state index in [1.807, 2.05) is 56.4 Å². The molecule has 6 nitrogen and oxygen atoms in total. The Kier molecular flexibility index (Phi) is 4.51. The molecule has 4 rings (SSSR count). The normalized spacial score (nSPS) is 13.4. The number of benzene rings is 1. The number of para-hydroxylation sites is 1. The zero-order valence-corrected chi connectivity index (χ0v) is 15.3. The Morgan fingerprint density at radius 3 is 2.67 bits per heavy atom. The lowest BCUT2D eigenvalue weighted by Crippen LogP contribution is -2.08. The van der Waals surface area contributed by atoms with Crippen LogP contribution >= 0.6 is 0 Å². The zero-order valence-electron chi connectivity index (χ0n) is 15.3. The smallest absolute Gasteiger partial charge is 0.277 e. The Morgan fingerprint density at radius 1 is 1.22 bits per heavy atom. The molecular formula is C21H20N4O2. The molecule has 6 heteroatoms. The molecule has 0 atom stereocenters. The molecule has 27 heavy (non-hydrogen) atoms. The molecule has 2 aromatic heterocycles. The summed E-state index contributed by atoms with van der Waals surface area (Å²) in [5.41, 5.74) is 1.60. The molecule has 2 heterocycles. The minimum atomic E-state index is -0.0629. The van der Waals surface area contributed by atoms with Gasteiger partial charge in [-0.25, -0.2) is 9.67 Å². The van der Waals surface area contributed by atoms with Crippen LogP contribution in [-0.2, 0) is 0 Å². The van der Waals surface area contributed by atoms with Crippen molar-refractivity contribution in [1.82, 2.24) is 14.8 Å². The van der Waals surface area contributed by atoms with Crippen LogP contribution in [0.5, 0.6) is 17.4 Å². The maximum absolute atomic E-state index is 9.57. The minimum absolute atomic E-state index is 0.0629. The summed E-state index contributed by atoms with van der Waals surface area (Å²) in [6, 6.07) is 13.6. The Balaban J connectivity index is 1.71. The molecule has 0 bridgehead atoms. The van der Waals surface area contributed by atoms with E-state index in [-0.39, 0.29) is 6.10 Å². The lowest BCUT2D eigenvalue weighted by Gasteiger charge is -2.09. The van der Waals surface area contributed by atoms with Crippen molar-refractivity contribution in [2.45, 2.75) is 38.7 Å². The lowest BCUT2D eigenvalue weighted by molar-refractivity contribution is 0.223. The molecule has 1 saturated carbocycles. The number of pyridine rings is 1. The Hall–Kier alpha value is -3.33. The first-order valence-electron chi connectivity index (χ1n) is 9.03. The van der Waals surface area contributed by atoms with Gasteiger partial charge in [-0.1, -0.05) is 18.2 Å². The van der Waals surface area contributed by atoms with Crippen LogP contribution in [0, 0.1) is 11.3 Å². The Labute approximate surface area is 158 Å². The van der Waals surface area contributed by atoms with Crippen LogP contribution in [0.2, 0.25) is 0 Å². The van der Waals surface area contributed by atoms with Crippen LogP contribution in [-0.4, -0.2) is 20.9 Å². The van der Waals surface area contributed by atoms with E-state index >= 15 is 0 Å². The summed E-state index contributed by atoms with van der Waals surface area (Å²) in [7, 11) is 0. The third-order valence-electron chi connectivity index (χ3n) is 4.24. The zero-order chi connectivity index (χ0) is 18.8. The van der Waals surface area contributed by atoms with Crippen molar-refractivity contribution in [3.8, 4) is 29.3 Å². The summed E-state index contributed by atoms with van der Waals surface area (Å²) in [6.07, 6.45) is 5.79. The van der Waals surface area contributed by atoms with Gasteiger partial charge in [0.2, 0.25) is 5.75 Å². The van der Waals surface area contributed by atoms with Crippen LogP contribution in [0.4, 0.5) is 0 Å². The van der Waals surface area contributed by atoms with E-state index < -0.39 is 0 Å². The summed E-state index contributed by atoms with van der Waals surface area (Å²) < 4.78 is 13.3. The average Bonchev–Trinajstić information content (AvgIpc) is 3.45. The van der Waals surface area contributed by atoms with Crippen molar-refractivity contribution in [3.05, 3.63) is 59.9 Å². The molecule has 1 fully saturated rings. The van der Waals surface area contributed by atoms with Gasteiger partial charge in [0.25, 0.3) is 5.88 Å². The van der Waals surface area contributed by atoms with Crippen LogP contribution in [0.25, 0.3) is 5.82 Å². The monoisotopic (exact) mass is 360 g/mol. The fourth-order valence-electron chi connectivity index (χ4n) is 2.82. The first-order valence-corrected chi connectivity index (χ1v) is 9.03. The third kappa shape index (κ3) is 3.77. The SMILES string of the molecule is CC(C)Oc1nn(-c2ncc(C3CC3)cc2C#N)cc1Oc1ccccc1. The highest BCUT2D eigenvalue weighted by molar-refractivity contribution is 5.48. The first-order chi connectivity index (χ1) is 13.1. The fraction of sp³-hybridized carbons (Fsp3) is 0.286.